The van der Waals surface area contributed by atoms with Gasteiger partial charge in [0.1, 0.15) is 11.5 Å². The van der Waals surface area contributed by atoms with Crippen LogP contribution in [0.3, 0.4) is 0 Å². The van der Waals surface area contributed by atoms with Crippen LogP contribution in [0.25, 0.3) is 11.3 Å². The Morgan fingerprint density at radius 1 is 1.11 bits per heavy atom. The zero-order valence-electron chi connectivity index (χ0n) is 13.6. The highest BCUT2D eigenvalue weighted by Crippen LogP contribution is 2.29. The monoisotopic (exact) mass is 403 g/mol. The maximum absolute atomic E-state index is 12.0. The molecule has 0 radical (unpaired) electrons. The van der Waals surface area contributed by atoms with Crippen LogP contribution in [0.15, 0.2) is 64.1 Å². The Hall–Kier alpha value is -3.16. The number of carbonyl (C=O) groups is 1. The third-order valence-corrected chi connectivity index (χ3v) is 4.25. The van der Waals surface area contributed by atoms with E-state index in [-0.39, 0.29) is 11.3 Å². The minimum atomic E-state index is -0.578. The molecule has 1 amide bonds. The second-order valence-electron chi connectivity index (χ2n) is 5.34. The molecular formula is C18H11Cl2N3O4. The molecule has 9 heteroatoms. The first-order valence-electron chi connectivity index (χ1n) is 7.57. The van der Waals surface area contributed by atoms with Crippen molar-refractivity contribution in [1.82, 2.24) is 5.43 Å². The van der Waals surface area contributed by atoms with Gasteiger partial charge in [0.25, 0.3) is 11.6 Å². The second kappa shape index (κ2) is 8.03. The molecule has 0 unspecified atom stereocenters. The number of hydrogen-bond donors (Lipinski definition) is 1. The fraction of sp³-hybridized carbons (Fsp3) is 0. The van der Waals surface area contributed by atoms with E-state index in [0.717, 1.165) is 5.56 Å². The first kappa shape index (κ1) is 18.6. The van der Waals surface area contributed by atoms with Crippen LogP contribution < -0.4 is 5.43 Å². The third-order valence-electron chi connectivity index (χ3n) is 3.51. The molecule has 0 aliphatic rings. The van der Waals surface area contributed by atoms with Crippen LogP contribution in [-0.2, 0) is 0 Å². The standard InChI is InChI=1S/C18H11Cl2N3O4/c19-15-6-4-11(9-16(15)20)17-7-5-14(27-17)10-21-22-18(24)12-2-1-3-13(8-12)23(25)26/h1-10H,(H,22,24)/b21-10+. The molecule has 0 aliphatic heterocycles. The van der Waals surface area contributed by atoms with Crippen molar-refractivity contribution >= 4 is 41.0 Å². The number of hydrogen-bond acceptors (Lipinski definition) is 5. The molecule has 0 atom stereocenters. The summed E-state index contributed by atoms with van der Waals surface area (Å²) in [6, 6.07) is 13.8. The molecule has 27 heavy (non-hydrogen) atoms. The van der Waals surface area contributed by atoms with Crippen LogP contribution in [0.2, 0.25) is 10.0 Å². The predicted octanol–water partition coefficient (Wildman–Crippen LogP) is 4.93. The lowest BCUT2D eigenvalue weighted by atomic mass is 10.2. The number of halogens is 2. The zero-order valence-corrected chi connectivity index (χ0v) is 15.1. The van der Waals surface area contributed by atoms with E-state index in [1.807, 2.05) is 0 Å². The van der Waals surface area contributed by atoms with Crippen LogP contribution >= 0.6 is 23.2 Å². The molecule has 1 N–H and O–H groups in total. The summed E-state index contributed by atoms with van der Waals surface area (Å²) in [4.78, 5) is 22.2. The minimum Gasteiger partial charge on any atom is -0.455 e. The number of nitro benzene ring substituents is 1. The number of rotatable bonds is 5. The summed E-state index contributed by atoms with van der Waals surface area (Å²) in [5.74, 6) is 0.377. The zero-order chi connectivity index (χ0) is 19.4. The highest BCUT2D eigenvalue weighted by Gasteiger charge is 2.11. The van der Waals surface area contributed by atoms with Gasteiger partial charge in [-0.15, -0.1) is 0 Å². The van der Waals surface area contributed by atoms with Gasteiger partial charge in [0.15, 0.2) is 0 Å². The summed E-state index contributed by atoms with van der Waals surface area (Å²) < 4.78 is 5.61. The Kier molecular flexibility index (Phi) is 5.54. The summed E-state index contributed by atoms with van der Waals surface area (Å²) in [6.45, 7) is 0. The number of benzene rings is 2. The van der Waals surface area contributed by atoms with E-state index >= 15 is 0 Å². The van der Waals surface area contributed by atoms with Crippen molar-refractivity contribution in [3.63, 3.8) is 0 Å². The third kappa shape index (κ3) is 4.52. The molecule has 3 aromatic rings. The number of nitrogens with zero attached hydrogens (tertiary/aromatic N) is 2. The molecule has 0 spiro atoms. The molecular weight excluding hydrogens is 393 g/mol. The summed E-state index contributed by atoms with van der Waals surface area (Å²) in [5, 5.41) is 15.4. The summed E-state index contributed by atoms with van der Waals surface area (Å²) in [7, 11) is 0. The van der Waals surface area contributed by atoms with E-state index in [1.165, 1.54) is 30.5 Å². The Balaban J connectivity index is 1.67. The van der Waals surface area contributed by atoms with Crippen LogP contribution in [0.5, 0.6) is 0 Å². The molecule has 0 fully saturated rings. The summed E-state index contributed by atoms with van der Waals surface area (Å²) in [6.07, 6.45) is 1.32. The van der Waals surface area contributed by atoms with Gasteiger partial charge in [0.2, 0.25) is 0 Å². The molecule has 2 aromatic carbocycles. The van der Waals surface area contributed by atoms with E-state index in [9.17, 15) is 14.9 Å². The number of amides is 1. The van der Waals surface area contributed by atoms with Gasteiger partial charge in [0, 0.05) is 23.3 Å². The molecule has 7 nitrogen and oxygen atoms in total. The van der Waals surface area contributed by atoms with E-state index in [2.05, 4.69) is 10.5 Å². The fourth-order valence-electron chi connectivity index (χ4n) is 2.21. The molecule has 0 aliphatic carbocycles. The molecule has 1 aromatic heterocycles. The van der Waals surface area contributed by atoms with Crippen molar-refractivity contribution in [3.05, 3.63) is 86.1 Å². The Bertz CT molecular complexity index is 1050. The minimum absolute atomic E-state index is 0.122. The maximum atomic E-state index is 12.0. The van der Waals surface area contributed by atoms with Crippen LogP contribution in [0.4, 0.5) is 5.69 Å². The van der Waals surface area contributed by atoms with Gasteiger partial charge in [-0.3, -0.25) is 14.9 Å². The number of carbonyl (C=O) groups excluding carboxylic acids is 1. The maximum Gasteiger partial charge on any atom is 0.271 e. The average Bonchev–Trinajstić information content (AvgIpc) is 3.13. The summed E-state index contributed by atoms with van der Waals surface area (Å²) in [5.41, 5.74) is 2.97. The average molecular weight is 404 g/mol. The SMILES string of the molecule is O=C(N/N=C/c1ccc(-c2ccc(Cl)c(Cl)c2)o1)c1cccc([N+](=O)[O-])c1. The lowest BCUT2D eigenvalue weighted by Gasteiger charge is -2.00. The second-order valence-corrected chi connectivity index (χ2v) is 6.15. The fourth-order valence-corrected chi connectivity index (χ4v) is 2.50. The summed E-state index contributed by atoms with van der Waals surface area (Å²) >= 11 is 11.9. The van der Waals surface area contributed by atoms with Gasteiger partial charge >= 0.3 is 0 Å². The molecule has 1 heterocycles. The Morgan fingerprint density at radius 3 is 2.67 bits per heavy atom. The van der Waals surface area contributed by atoms with E-state index < -0.39 is 10.8 Å². The first-order valence-corrected chi connectivity index (χ1v) is 8.33. The first-order chi connectivity index (χ1) is 12.9. The highest BCUT2D eigenvalue weighted by atomic mass is 35.5. The molecule has 136 valence electrons. The lowest BCUT2D eigenvalue weighted by Crippen LogP contribution is -2.17. The Labute approximate surface area is 163 Å². The van der Waals surface area contributed by atoms with Gasteiger partial charge < -0.3 is 4.42 Å². The van der Waals surface area contributed by atoms with Gasteiger partial charge in [0.05, 0.1) is 21.2 Å². The number of furan rings is 1. The molecule has 0 bridgehead atoms. The van der Waals surface area contributed by atoms with Crippen LogP contribution in [0.1, 0.15) is 16.1 Å². The topological polar surface area (TPSA) is 97.7 Å². The van der Waals surface area contributed by atoms with Gasteiger partial charge in [-0.1, -0.05) is 29.3 Å². The van der Waals surface area contributed by atoms with E-state index in [4.69, 9.17) is 27.6 Å². The Morgan fingerprint density at radius 2 is 1.93 bits per heavy atom. The van der Waals surface area contributed by atoms with Crippen LogP contribution in [-0.4, -0.2) is 17.0 Å². The van der Waals surface area contributed by atoms with Crippen molar-refractivity contribution in [2.45, 2.75) is 0 Å². The number of hydrazone groups is 1. The number of non-ortho nitro benzene ring substituents is 1. The van der Waals surface area contributed by atoms with Crippen molar-refractivity contribution in [1.29, 1.82) is 0 Å². The van der Waals surface area contributed by atoms with Gasteiger partial charge in [-0.25, -0.2) is 5.43 Å². The van der Waals surface area contributed by atoms with Crippen molar-refractivity contribution in [2.24, 2.45) is 5.10 Å². The quantitative estimate of drug-likeness (QED) is 0.371. The van der Waals surface area contributed by atoms with E-state index in [0.29, 0.717) is 21.6 Å². The van der Waals surface area contributed by atoms with Crippen molar-refractivity contribution in [2.75, 3.05) is 0 Å². The normalized spacial score (nSPS) is 10.9. The molecule has 0 saturated heterocycles. The molecule has 3 rings (SSSR count). The van der Waals surface area contributed by atoms with E-state index in [1.54, 1.807) is 30.3 Å². The van der Waals surface area contributed by atoms with Crippen molar-refractivity contribution in [3.8, 4) is 11.3 Å². The predicted molar refractivity (Wildman–Crippen MR) is 102 cm³/mol. The molecule has 0 saturated carbocycles. The largest absolute Gasteiger partial charge is 0.455 e. The van der Waals surface area contributed by atoms with Gasteiger partial charge in [-0.05, 0) is 36.4 Å². The highest BCUT2D eigenvalue weighted by molar-refractivity contribution is 6.42. The number of nitrogens with one attached hydrogen (secondary N) is 1. The van der Waals surface area contributed by atoms with Crippen LogP contribution in [0, 0.1) is 10.1 Å². The van der Waals surface area contributed by atoms with Crippen molar-refractivity contribution < 1.29 is 14.1 Å². The lowest BCUT2D eigenvalue weighted by molar-refractivity contribution is -0.384. The smallest absolute Gasteiger partial charge is 0.271 e. The van der Waals surface area contributed by atoms with Gasteiger partial charge in [-0.2, -0.15) is 5.10 Å². The number of nitro groups is 1.